The molecule has 0 heterocycles. The van der Waals surface area contributed by atoms with Gasteiger partial charge in [-0.3, -0.25) is 0 Å². The zero-order chi connectivity index (χ0) is 8.10. The van der Waals surface area contributed by atoms with Crippen LogP contribution in [0.2, 0.25) is 0 Å². The molecule has 0 aromatic heterocycles. The van der Waals surface area contributed by atoms with Crippen molar-refractivity contribution in [1.29, 1.82) is 0 Å². The monoisotopic (exact) mass is 155 g/mol. The highest BCUT2D eigenvalue weighted by atomic mass is 14.9. The first-order chi connectivity index (χ1) is 5.36. The standard InChI is InChI=1S/C10H21N/c1-3-4-5-10(11-2)8-9-6-7-9/h9-11H,3-8H2,1-2H3. The zero-order valence-electron chi connectivity index (χ0n) is 7.90. The lowest BCUT2D eigenvalue weighted by molar-refractivity contribution is 0.449. The van der Waals surface area contributed by atoms with Crippen LogP contribution in [0.3, 0.4) is 0 Å². The van der Waals surface area contributed by atoms with E-state index in [-0.39, 0.29) is 0 Å². The molecule has 0 amide bonds. The maximum atomic E-state index is 3.41. The molecule has 66 valence electrons. The zero-order valence-corrected chi connectivity index (χ0v) is 7.90. The Bertz CT molecular complexity index is 97.0. The average Bonchev–Trinajstić information content (AvgIpc) is 2.81. The van der Waals surface area contributed by atoms with Crippen molar-refractivity contribution < 1.29 is 0 Å². The molecule has 0 bridgehead atoms. The van der Waals surface area contributed by atoms with Gasteiger partial charge >= 0.3 is 0 Å². The van der Waals surface area contributed by atoms with Crippen LogP contribution in [0.25, 0.3) is 0 Å². The van der Waals surface area contributed by atoms with Gasteiger partial charge in [-0.05, 0) is 25.8 Å². The van der Waals surface area contributed by atoms with Crippen molar-refractivity contribution in [2.24, 2.45) is 5.92 Å². The van der Waals surface area contributed by atoms with Gasteiger partial charge in [-0.25, -0.2) is 0 Å². The first-order valence-corrected chi connectivity index (χ1v) is 5.04. The van der Waals surface area contributed by atoms with Gasteiger partial charge < -0.3 is 5.32 Å². The van der Waals surface area contributed by atoms with Crippen LogP contribution in [0.5, 0.6) is 0 Å². The molecule has 1 rings (SSSR count). The van der Waals surface area contributed by atoms with Crippen LogP contribution >= 0.6 is 0 Å². The molecular formula is C10H21N. The Morgan fingerprint density at radius 3 is 2.64 bits per heavy atom. The van der Waals surface area contributed by atoms with Crippen LogP contribution in [0, 0.1) is 5.92 Å². The summed E-state index contributed by atoms with van der Waals surface area (Å²) in [6.45, 7) is 2.27. The fourth-order valence-electron chi connectivity index (χ4n) is 1.59. The highest BCUT2D eigenvalue weighted by molar-refractivity contribution is 4.79. The molecule has 1 nitrogen and oxygen atoms in total. The fraction of sp³-hybridized carbons (Fsp3) is 1.00. The van der Waals surface area contributed by atoms with E-state index >= 15 is 0 Å². The van der Waals surface area contributed by atoms with Crippen LogP contribution in [0.15, 0.2) is 0 Å². The number of nitrogens with one attached hydrogen (secondary N) is 1. The molecular weight excluding hydrogens is 134 g/mol. The fourth-order valence-corrected chi connectivity index (χ4v) is 1.59. The molecule has 1 aliphatic rings. The lowest BCUT2D eigenvalue weighted by Crippen LogP contribution is -2.25. The maximum absolute atomic E-state index is 3.41. The van der Waals surface area contributed by atoms with E-state index in [0.29, 0.717) is 0 Å². The van der Waals surface area contributed by atoms with Gasteiger partial charge in [0.2, 0.25) is 0 Å². The Morgan fingerprint density at radius 2 is 2.18 bits per heavy atom. The molecule has 11 heavy (non-hydrogen) atoms. The maximum Gasteiger partial charge on any atom is 0.00667 e. The highest BCUT2D eigenvalue weighted by Crippen LogP contribution is 2.34. The van der Waals surface area contributed by atoms with Crippen LogP contribution < -0.4 is 5.32 Å². The van der Waals surface area contributed by atoms with Crippen molar-refractivity contribution in [2.75, 3.05) is 7.05 Å². The lowest BCUT2D eigenvalue weighted by Gasteiger charge is -2.14. The smallest absolute Gasteiger partial charge is 0.00667 e. The predicted molar refractivity (Wildman–Crippen MR) is 49.7 cm³/mol. The SMILES string of the molecule is CCCCC(CC1CC1)NC. The minimum atomic E-state index is 0.808. The van der Waals surface area contributed by atoms with Crippen molar-refractivity contribution in [3.05, 3.63) is 0 Å². The normalized spacial score (nSPS) is 20.2. The summed E-state index contributed by atoms with van der Waals surface area (Å²) in [5, 5.41) is 3.41. The summed E-state index contributed by atoms with van der Waals surface area (Å²) in [5.74, 6) is 1.07. The minimum absolute atomic E-state index is 0.808. The Morgan fingerprint density at radius 1 is 1.45 bits per heavy atom. The number of unbranched alkanes of at least 4 members (excludes halogenated alkanes) is 1. The van der Waals surface area contributed by atoms with E-state index < -0.39 is 0 Å². The highest BCUT2D eigenvalue weighted by Gasteiger charge is 2.24. The molecule has 0 aromatic rings. The van der Waals surface area contributed by atoms with Gasteiger partial charge in [0, 0.05) is 6.04 Å². The third-order valence-corrected chi connectivity index (χ3v) is 2.63. The molecule has 1 N–H and O–H groups in total. The van der Waals surface area contributed by atoms with Gasteiger partial charge in [0.25, 0.3) is 0 Å². The number of hydrogen-bond donors (Lipinski definition) is 1. The van der Waals surface area contributed by atoms with Crippen LogP contribution in [-0.4, -0.2) is 13.1 Å². The minimum Gasteiger partial charge on any atom is -0.317 e. The van der Waals surface area contributed by atoms with Gasteiger partial charge in [-0.2, -0.15) is 0 Å². The summed E-state index contributed by atoms with van der Waals surface area (Å²) in [4.78, 5) is 0. The van der Waals surface area contributed by atoms with Gasteiger partial charge in [-0.1, -0.05) is 32.6 Å². The summed E-state index contributed by atoms with van der Waals surface area (Å²) < 4.78 is 0. The summed E-state index contributed by atoms with van der Waals surface area (Å²) >= 11 is 0. The van der Waals surface area contributed by atoms with Gasteiger partial charge in [0.05, 0.1) is 0 Å². The Balaban J connectivity index is 2.02. The molecule has 0 spiro atoms. The molecule has 1 atom stereocenters. The second-order valence-corrected chi connectivity index (χ2v) is 3.81. The van der Waals surface area contributed by atoms with Crippen molar-refractivity contribution in [1.82, 2.24) is 5.32 Å². The quantitative estimate of drug-likeness (QED) is 0.621. The van der Waals surface area contributed by atoms with E-state index in [1.165, 1.54) is 38.5 Å². The van der Waals surface area contributed by atoms with Crippen molar-refractivity contribution in [2.45, 2.75) is 51.5 Å². The van der Waals surface area contributed by atoms with Gasteiger partial charge in [0.1, 0.15) is 0 Å². The molecule has 0 aromatic carbocycles. The van der Waals surface area contributed by atoms with Crippen molar-refractivity contribution in [3.8, 4) is 0 Å². The van der Waals surface area contributed by atoms with Gasteiger partial charge in [-0.15, -0.1) is 0 Å². The summed E-state index contributed by atoms with van der Waals surface area (Å²) in [6.07, 6.45) is 8.51. The Kier molecular flexibility index (Phi) is 3.92. The third kappa shape index (κ3) is 3.76. The topological polar surface area (TPSA) is 12.0 Å². The first kappa shape index (κ1) is 9.05. The summed E-state index contributed by atoms with van der Waals surface area (Å²) in [5.41, 5.74) is 0. The molecule has 0 aliphatic heterocycles. The van der Waals surface area contributed by atoms with Crippen LogP contribution in [0.1, 0.15) is 45.4 Å². The summed E-state index contributed by atoms with van der Waals surface area (Å²) in [6, 6.07) is 0.808. The predicted octanol–water partition coefficient (Wildman–Crippen LogP) is 2.56. The van der Waals surface area contributed by atoms with E-state index in [9.17, 15) is 0 Å². The second-order valence-electron chi connectivity index (χ2n) is 3.81. The van der Waals surface area contributed by atoms with E-state index in [1.54, 1.807) is 0 Å². The van der Waals surface area contributed by atoms with Crippen LogP contribution in [0.4, 0.5) is 0 Å². The molecule has 1 heteroatoms. The Labute approximate surface area is 70.6 Å². The molecule has 0 radical (unpaired) electrons. The molecule has 0 saturated heterocycles. The van der Waals surface area contributed by atoms with Crippen molar-refractivity contribution in [3.63, 3.8) is 0 Å². The largest absolute Gasteiger partial charge is 0.317 e. The lowest BCUT2D eigenvalue weighted by atomic mass is 10.0. The van der Waals surface area contributed by atoms with E-state index in [2.05, 4.69) is 19.3 Å². The molecule has 1 saturated carbocycles. The van der Waals surface area contributed by atoms with E-state index in [4.69, 9.17) is 0 Å². The average molecular weight is 155 g/mol. The second kappa shape index (κ2) is 4.76. The molecule has 1 aliphatic carbocycles. The number of hydrogen-bond acceptors (Lipinski definition) is 1. The molecule has 1 fully saturated rings. The Hall–Kier alpha value is -0.0400. The third-order valence-electron chi connectivity index (χ3n) is 2.63. The number of rotatable bonds is 6. The van der Waals surface area contributed by atoms with E-state index in [0.717, 1.165) is 12.0 Å². The molecule has 1 unspecified atom stereocenters. The van der Waals surface area contributed by atoms with Gasteiger partial charge in [0.15, 0.2) is 0 Å². The van der Waals surface area contributed by atoms with Crippen LogP contribution in [-0.2, 0) is 0 Å². The van der Waals surface area contributed by atoms with E-state index in [1.807, 2.05) is 0 Å². The van der Waals surface area contributed by atoms with Crippen molar-refractivity contribution >= 4 is 0 Å². The first-order valence-electron chi connectivity index (χ1n) is 5.04. The summed E-state index contributed by atoms with van der Waals surface area (Å²) in [7, 11) is 2.10.